The first-order chi connectivity index (χ1) is 12.3. The molecule has 1 aromatic carbocycles. The van der Waals surface area contributed by atoms with Crippen LogP contribution in [0, 0.1) is 24.5 Å². The summed E-state index contributed by atoms with van der Waals surface area (Å²) in [5.74, 6) is 0.937. The molecule has 4 atom stereocenters. The van der Waals surface area contributed by atoms with Crippen molar-refractivity contribution in [2.75, 3.05) is 0 Å². The summed E-state index contributed by atoms with van der Waals surface area (Å²) in [5, 5.41) is 0. The number of halogens is 1. The molecule has 0 amide bonds. The zero-order chi connectivity index (χ0) is 19.1. The van der Waals surface area contributed by atoms with Crippen LogP contribution in [-0.2, 0) is 4.74 Å². The fourth-order valence-electron chi connectivity index (χ4n) is 3.49. The molecule has 3 rings (SSSR count). The van der Waals surface area contributed by atoms with Crippen LogP contribution >= 0.6 is 12.2 Å². The highest BCUT2D eigenvalue weighted by Crippen LogP contribution is 2.46. The fraction of sp³-hybridized carbons (Fsp3) is 0.500. The Kier molecular flexibility index (Phi) is 5.17. The van der Waals surface area contributed by atoms with Crippen LogP contribution in [0.5, 0.6) is 11.6 Å². The Bertz CT molecular complexity index is 845. The molecule has 1 fully saturated rings. The van der Waals surface area contributed by atoms with Crippen LogP contribution in [0.25, 0.3) is 0 Å². The van der Waals surface area contributed by atoms with Gasteiger partial charge in [-0.05, 0) is 50.5 Å². The third kappa shape index (κ3) is 3.28. The van der Waals surface area contributed by atoms with Crippen LogP contribution in [0.3, 0.4) is 0 Å². The van der Waals surface area contributed by atoms with E-state index >= 15 is 4.39 Å². The number of aryl methyl sites for hydroxylation is 2. The van der Waals surface area contributed by atoms with Crippen molar-refractivity contribution in [2.24, 2.45) is 5.92 Å². The van der Waals surface area contributed by atoms with Crippen molar-refractivity contribution in [3.8, 4) is 11.6 Å². The van der Waals surface area contributed by atoms with Gasteiger partial charge in [-0.3, -0.25) is 4.57 Å². The number of ether oxygens (including phenoxy) is 2. The molecule has 0 N–H and O–H groups in total. The van der Waals surface area contributed by atoms with E-state index in [2.05, 4.69) is 4.98 Å². The Morgan fingerprint density at radius 3 is 2.50 bits per heavy atom. The smallest absolute Gasteiger partial charge is 0.223 e. The minimum Gasteiger partial charge on any atom is -0.438 e. The monoisotopic (exact) mass is 376 g/mol. The van der Waals surface area contributed by atoms with Gasteiger partial charge in [-0.1, -0.05) is 32.0 Å². The van der Waals surface area contributed by atoms with E-state index in [1.807, 2.05) is 45.9 Å². The van der Waals surface area contributed by atoms with Crippen molar-refractivity contribution in [3.63, 3.8) is 0 Å². The highest BCUT2D eigenvalue weighted by Gasteiger charge is 2.52. The van der Waals surface area contributed by atoms with E-state index in [1.54, 1.807) is 23.8 Å². The Morgan fingerprint density at radius 2 is 1.96 bits per heavy atom. The van der Waals surface area contributed by atoms with Crippen molar-refractivity contribution in [1.29, 1.82) is 0 Å². The molecule has 0 aliphatic carbocycles. The van der Waals surface area contributed by atoms with Crippen molar-refractivity contribution in [3.05, 3.63) is 46.4 Å². The summed E-state index contributed by atoms with van der Waals surface area (Å²) in [7, 11) is 0. The average molecular weight is 376 g/mol. The summed E-state index contributed by atoms with van der Waals surface area (Å²) in [6.45, 7) is 9.41. The highest BCUT2D eigenvalue weighted by molar-refractivity contribution is 7.71. The summed E-state index contributed by atoms with van der Waals surface area (Å²) in [5.41, 5.74) is 0.518. The van der Waals surface area contributed by atoms with Gasteiger partial charge in [-0.25, -0.2) is 4.39 Å². The first-order valence-electron chi connectivity index (χ1n) is 8.93. The molecular weight excluding hydrogens is 351 g/mol. The lowest BCUT2D eigenvalue weighted by atomic mass is 9.88. The Morgan fingerprint density at radius 1 is 1.31 bits per heavy atom. The summed E-state index contributed by atoms with van der Waals surface area (Å²) in [6, 6.07) is 7.64. The molecule has 1 saturated heterocycles. The fourth-order valence-corrected chi connectivity index (χ4v) is 3.74. The predicted molar refractivity (Wildman–Crippen MR) is 102 cm³/mol. The van der Waals surface area contributed by atoms with Crippen LogP contribution in [0.1, 0.15) is 44.5 Å². The lowest BCUT2D eigenvalue weighted by Gasteiger charge is -2.26. The van der Waals surface area contributed by atoms with Gasteiger partial charge in [0, 0.05) is 18.2 Å². The number of alkyl halides is 1. The molecule has 2 aromatic rings. The van der Waals surface area contributed by atoms with E-state index in [1.165, 1.54) is 0 Å². The van der Waals surface area contributed by atoms with Crippen molar-refractivity contribution < 1.29 is 13.9 Å². The van der Waals surface area contributed by atoms with E-state index in [0.717, 1.165) is 23.3 Å². The zero-order valence-electron chi connectivity index (χ0n) is 15.8. The molecule has 1 aliphatic heterocycles. The topological polar surface area (TPSA) is 36.3 Å². The van der Waals surface area contributed by atoms with Crippen LogP contribution in [0.4, 0.5) is 4.39 Å². The van der Waals surface area contributed by atoms with Gasteiger partial charge in [-0.2, -0.15) is 4.98 Å². The number of nitrogens with zero attached hydrogens (tertiary/aromatic N) is 2. The zero-order valence-corrected chi connectivity index (χ0v) is 16.6. The minimum atomic E-state index is -1.52. The first kappa shape index (κ1) is 19.0. The number of benzene rings is 1. The molecule has 1 unspecified atom stereocenters. The summed E-state index contributed by atoms with van der Waals surface area (Å²) in [4.78, 5) is 4.35. The number of hydrogen-bond donors (Lipinski definition) is 0. The normalized spacial score (nSPS) is 28.3. The number of rotatable bonds is 4. The maximum atomic E-state index is 15.3. The van der Waals surface area contributed by atoms with Gasteiger partial charge in [0.1, 0.15) is 5.75 Å². The van der Waals surface area contributed by atoms with Crippen LogP contribution < -0.4 is 4.74 Å². The largest absolute Gasteiger partial charge is 0.438 e. The maximum Gasteiger partial charge on any atom is 0.223 e. The first-order valence-corrected chi connectivity index (χ1v) is 9.34. The molecular formula is C20H25FN2O2S. The van der Waals surface area contributed by atoms with Gasteiger partial charge in [0.15, 0.2) is 11.9 Å². The standard InChI is InChI=1S/C20H25FN2O2S/c1-6-15-14(4)20(5,21)18(24-15)23-11-10-16(22-19(23)26)25-17-12(2)8-7-9-13(17)3/h7-11,14-15,18H,6H2,1-5H3/t14-,15+,18+,20?/m0/s1. The van der Waals surface area contributed by atoms with Gasteiger partial charge >= 0.3 is 0 Å². The second-order valence-electron chi connectivity index (χ2n) is 7.15. The highest BCUT2D eigenvalue weighted by atomic mass is 32.1. The average Bonchev–Trinajstić information content (AvgIpc) is 2.81. The number of para-hydroxylation sites is 1. The van der Waals surface area contributed by atoms with Gasteiger partial charge in [0.25, 0.3) is 0 Å². The molecule has 26 heavy (non-hydrogen) atoms. The summed E-state index contributed by atoms with van der Waals surface area (Å²) < 4.78 is 29.0. The third-order valence-electron chi connectivity index (χ3n) is 5.31. The van der Waals surface area contributed by atoms with Gasteiger partial charge in [0.05, 0.1) is 6.10 Å². The summed E-state index contributed by atoms with van der Waals surface area (Å²) >= 11 is 5.40. The minimum absolute atomic E-state index is 0.137. The molecule has 1 aromatic heterocycles. The molecule has 4 nitrogen and oxygen atoms in total. The van der Waals surface area contributed by atoms with E-state index in [0.29, 0.717) is 5.88 Å². The predicted octanol–water partition coefficient (Wildman–Crippen LogP) is 5.69. The Hall–Kier alpha value is -1.79. The quantitative estimate of drug-likeness (QED) is 0.642. The molecule has 6 heteroatoms. The van der Waals surface area contributed by atoms with Gasteiger partial charge in [-0.15, -0.1) is 0 Å². The van der Waals surface area contributed by atoms with Crippen LogP contribution in [0.15, 0.2) is 30.5 Å². The lowest BCUT2D eigenvalue weighted by molar-refractivity contribution is -0.0490. The number of hydrogen-bond acceptors (Lipinski definition) is 4. The SMILES string of the molecule is CC[C@H]1O[C@@H](n2ccc(Oc3c(C)cccc3C)nc2=S)C(C)(F)[C@H]1C. The molecule has 0 radical (unpaired) electrons. The molecule has 0 saturated carbocycles. The molecule has 0 spiro atoms. The Labute approximate surface area is 159 Å². The number of aromatic nitrogens is 2. The lowest BCUT2D eigenvalue weighted by Crippen LogP contribution is -2.33. The van der Waals surface area contributed by atoms with Crippen LogP contribution in [0.2, 0.25) is 0 Å². The third-order valence-corrected chi connectivity index (χ3v) is 5.61. The molecule has 2 heterocycles. The van der Waals surface area contributed by atoms with Gasteiger partial charge in [0.2, 0.25) is 10.7 Å². The van der Waals surface area contributed by atoms with E-state index in [4.69, 9.17) is 21.7 Å². The molecule has 0 bridgehead atoms. The van der Waals surface area contributed by atoms with Crippen molar-refractivity contribution in [2.45, 2.75) is 59.0 Å². The Balaban J connectivity index is 1.90. The van der Waals surface area contributed by atoms with Gasteiger partial charge < -0.3 is 9.47 Å². The second-order valence-corrected chi connectivity index (χ2v) is 7.52. The molecule has 140 valence electrons. The maximum absolute atomic E-state index is 15.3. The van der Waals surface area contributed by atoms with Crippen molar-refractivity contribution >= 4 is 12.2 Å². The van der Waals surface area contributed by atoms with Crippen molar-refractivity contribution in [1.82, 2.24) is 9.55 Å². The molecule has 1 aliphatic rings. The summed E-state index contributed by atoms with van der Waals surface area (Å²) in [6.07, 6.45) is 1.54. The van der Waals surface area contributed by atoms with E-state index in [-0.39, 0.29) is 16.8 Å². The second kappa shape index (κ2) is 7.08. The van der Waals surface area contributed by atoms with Crippen LogP contribution in [-0.4, -0.2) is 21.3 Å². The van der Waals surface area contributed by atoms with E-state index < -0.39 is 11.9 Å². The van der Waals surface area contributed by atoms with E-state index in [9.17, 15) is 0 Å².